The van der Waals surface area contributed by atoms with Crippen LogP contribution in [0.2, 0.25) is 0 Å². The molecule has 1 unspecified atom stereocenters. The van der Waals surface area contributed by atoms with Gasteiger partial charge in [-0.2, -0.15) is 0 Å². The summed E-state index contributed by atoms with van der Waals surface area (Å²) in [6.07, 6.45) is 0.799. The quantitative estimate of drug-likeness (QED) is 0.795. The second-order valence-corrected chi connectivity index (χ2v) is 5.58. The zero-order chi connectivity index (χ0) is 18.2. The molecule has 2 aromatic rings. The summed E-state index contributed by atoms with van der Waals surface area (Å²) in [5, 5.41) is 5.49. The standard InChI is InChI=1S/C19H22F2N2O2/c1-3-18(13-7-9-14(25-2)10-8-13)23-19(24)22-12-11-15-16(20)5-4-6-17(15)21/h4-10,18H,3,11-12H2,1-2H3,(H2,22,23,24). The Hall–Kier alpha value is -2.63. The van der Waals surface area contributed by atoms with Gasteiger partial charge in [0.05, 0.1) is 13.2 Å². The van der Waals surface area contributed by atoms with Crippen molar-refractivity contribution in [3.8, 4) is 5.75 Å². The third kappa shape index (κ3) is 5.17. The van der Waals surface area contributed by atoms with Gasteiger partial charge < -0.3 is 15.4 Å². The van der Waals surface area contributed by atoms with Gasteiger partial charge in [0, 0.05) is 12.1 Å². The molecule has 0 radical (unpaired) electrons. The summed E-state index contributed by atoms with van der Waals surface area (Å²) in [5.74, 6) is -0.464. The minimum Gasteiger partial charge on any atom is -0.497 e. The first-order valence-electron chi connectivity index (χ1n) is 8.16. The van der Waals surface area contributed by atoms with Crippen LogP contribution in [0.4, 0.5) is 13.6 Å². The Morgan fingerprint density at radius 3 is 2.32 bits per heavy atom. The van der Waals surface area contributed by atoms with E-state index in [-0.39, 0.29) is 30.6 Å². The summed E-state index contributed by atoms with van der Waals surface area (Å²) in [6, 6.07) is 10.6. The molecular formula is C19H22F2N2O2. The van der Waals surface area contributed by atoms with Gasteiger partial charge >= 0.3 is 6.03 Å². The lowest BCUT2D eigenvalue weighted by molar-refractivity contribution is 0.236. The molecule has 0 saturated heterocycles. The van der Waals surface area contributed by atoms with Crippen LogP contribution in [-0.2, 0) is 6.42 Å². The lowest BCUT2D eigenvalue weighted by atomic mass is 10.0. The highest BCUT2D eigenvalue weighted by Gasteiger charge is 2.13. The number of carbonyl (C=O) groups excluding carboxylic acids is 1. The second-order valence-electron chi connectivity index (χ2n) is 5.58. The first kappa shape index (κ1) is 18.7. The Bertz CT molecular complexity index is 685. The SMILES string of the molecule is CCC(NC(=O)NCCc1c(F)cccc1F)c1ccc(OC)cc1. The third-order valence-corrected chi connectivity index (χ3v) is 3.95. The predicted octanol–water partition coefficient (Wildman–Crippen LogP) is 3.97. The lowest BCUT2D eigenvalue weighted by Gasteiger charge is -2.18. The van der Waals surface area contributed by atoms with E-state index in [9.17, 15) is 13.6 Å². The van der Waals surface area contributed by atoms with E-state index >= 15 is 0 Å². The van der Waals surface area contributed by atoms with Crippen LogP contribution in [0.15, 0.2) is 42.5 Å². The number of halogens is 2. The van der Waals surface area contributed by atoms with Crippen molar-refractivity contribution in [2.75, 3.05) is 13.7 Å². The number of carbonyl (C=O) groups is 1. The molecule has 0 aromatic heterocycles. The molecule has 0 saturated carbocycles. The molecule has 2 N–H and O–H groups in total. The molecule has 0 aliphatic carbocycles. The molecule has 0 fully saturated rings. The van der Waals surface area contributed by atoms with E-state index in [0.29, 0.717) is 6.42 Å². The third-order valence-electron chi connectivity index (χ3n) is 3.95. The number of rotatable bonds is 7. The van der Waals surface area contributed by atoms with Crippen molar-refractivity contribution in [2.45, 2.75) is 25.8 Å². The number of hydrogen-bond acceptors (Lipinski definition) is 2. The predicted molar refractivity (Wildman–Crippen MR) is 92.6 cm³/mol. The van der Waals surface area contributed by atoms with E-state index in [1.807, 2.05) is 31.2 Å². The zero-order valence-electron chi connectivity index (χ0n) is 14.3. The topological polar surface area (TPSA) is 50.4 Å². The summed E-state index contributed by atoms with van der Waals surface area (Å²) < 4.78 is 32.2. The van der Waals surface area contributed by atoms with Gasteiger partial charge in [0.25, 0.3) is 0 Å². The Balaban J connectivity index is 1.87. The summed E-state index contributed by atoms with van der Waals surface area (Å²) in [4.78, 5) is 12.0. The number of ether oxygens (including phenoxy) is 1. The first-order valence-corrected chi connectivity index (χ1v) is 8.16. The summed E-state index contributed by atoms with van der Waals surface area (Å²) in [7, 11) is 1.59. The number of benzene rings is 2. The van der Waals surface area contributed by atoms with E-state index < -0.39 is 11.6 Å². The molecular weight excluding hydrogens is 326 g/mol. The minimum atomic E-state index is -0.605. The van der Waals surface area contributed by atoms with Crippen molar-refractivity contribution in [2.24, 2.45) is 0 Å². The van der Waals surface area contributed by atoms with Crippen molar-refractivity contribution < 1.29 is 18.3 Å². The maximum Gasteiger partial charge on any atom is 0.315 e. The van der Waals surface area contributed by atoms with Crippen LogP contribution in [0.25, 0.3) is 0 Å². The van der Waals surface area contributed by atoms with Gasteiger partial charge in [-0.3, -0.25) is 0 Å². The summed E-state index contributed by atoms with van der Waals surface area (Å²) in [6.45, 7) is 2.10. The maximum absolute atomic E-state index is 13.5. The number of amides is 2. The van der Waals surface area contributed by atoms with Crippen LogP contribution in [0.5, 0.6) is 5.75 Å². The number of hydrogen-bond donors (Lipinski definition) is 2. The molecule has 2 rings (SSSR count). The van der Waals surface area contributed by atoms with Gasteiger partial charge in [0.1, 0.15) is 17.4 Å². The van der Waals surface area contributed by atoms with Crippen LogP contribution < -0.4 is 15.4 Å². The average molecular weight is 348 g/mol. The van der Waals surface area contributed by atoms with Crippen LogP contribution >= 0.6 is 0 Å². The van der Waals surface area contributed by atoms with Crippen LogP contribution in [0, 0.1) is 11.6 Å². The van der Waals surface area contributed by atoms with E-state index in [0.717, 1.165) is 11.3 Å². The molecule has 1 atom stereocenters. The molecule has 25 heavy (non-hydrogen) atoms. The van der Waals surface area contributed by atoms with Gasteiger partial charge in [-0.05, 0) is 42.7 Å². The molecule has 0 bridgehead atoms. The van der Waals surface area contributed by atoms with E-state index in [2.05, 4.69) is 10.6 Å². The molecule has 0 heterocycles. The van der Waals surface area contributed by atoms with Crippen molar-refractivity contribution in [1.29, 1.82) is 0 Å². The molecule has 2 amide bonds. The lowest BCUT2D eigenvalue weighted by Crippen LogP contribution is -2.38. The molecule has 0 spiro atoms. The molecule has 4 nitrogen and oxygen atoms in total. The van der Waals surface area contributed by atoms with E-state index in [1.165, 1.54) is 18.2 Å². The Labute approximate surface area is 146 Å². The Morgan fingerprint density at radius 2 is 1.76 bits per heavy atom. The number of nitrogens with one attached hydrogen (secondary N) is 2. The fraction of sp³-hybridized carbons (Fsp3) is 0.316. The highest BCUT2D eigenvalue weighted by molar-refractivity contribution is 5.74. The summed E-state index contributed by atoms with van der Waals surface area (Å²) >= 11 is 0. The second kappa shape index (κ2) is 9.01. The van der Waals surface area contributed by atoms with Crippen LogP contribution in [-0.4, -0.2) is 19.7 Å². The van der Waals surface area contributed by atoms with Crippen molar-refractivity contribution in [3.05, 3.63) is 65.2 Å². The molecule has 2 aromatic carbocycles. The van der Waals surface area contributed by atoms with Gasteiger partial charge in [-0.1, -0.05) is 25.1 Å². The fourth-order valence-corrected chi connectivity index (χ4v) is 2.54. The normalized spacial score (nSPS) is 11.7. The highest BCUT2D eigenvalue weighted by atomic mass is 19.1. The minimum absolute atomic E-state index is 0.0232. The number of methoxy groups -OCH3 is 1. The van der Waals surface area contributed by atoms with Crippen molar-refractivity contribution in [3.63, 3.8) is 0 Å². The van der Waals surface area contributed by atoms with E-state index in [4.69, 9.17) is 4.74 Å². The van der Waals surface area contributed by atoms with Crippen LogP contribution in [0.3, 0.4) is 0 Å². The molecule has 0 aliphatic rings. The van der Waals surface area contributed by atoms with E-state index in [1.54, 1.807) is 7.11 Å². The van der Waals surface area contributed by atoms with Gasteiger partial charge in [-0.25, -0.2) is 13.6 Å². The largest absolute Gasteiger partial charge is 0.497 e. The molecule has 134 valence electrons. The fourth-order valence-electron chi connectivity index (χ4n) is 2.54. The molecule has 0 aliphatic heterocycles. The Morgan fingerprint density at radius 1 is 1.12 bits per heavy atom. The van der Waals surface area contributed by atoms with Gasteiger partial charge in [0.2, 0.25) is 0 Å². The van der Waals surface area contributed by atoms with Crippen molar-refractivity contribution >= 4 is 6.03 Å². The Kier molecular flexibility index (Phi) is 6.74. The van der Waals surface area contributed by atoms with Crippen LogP contribution in [0.1, 0.15) is 30.5 Å². The zero-order valence-corrected chi connectivity index (χ0v) is 14.3. The first-order chi connectivity index (χ1) is 12.0. The van der Waals surface area contributed by atoms with Crippen molar-refractivity contribution in [1.82, 2.24) is 10.6 Å². The maximum atomic E-state index is 13.5. The smallest absolute Gasteiger partial charge is 0.315 e. The van der Waals surface area contributed by atoms with Gasteiger partial charge in [0.15, 0.2) is 0 Å². The number of urea groups is 1. The molecule has 6 heteroatoms. The summed E-state index contributed by atoms with van der Waals surface area (Å²) in [5.41, 5.74) is 0.934. The monoisotopic (exact) mass is 348 g/mol. The van der Waals surface area contributed by atoms with Gasteiger partial charge in [-0.15, -0.1) is 0 Å². The average Bonchev–Trinajstić information content (AvgIpc) is 2.62. The highest BCUT2D eigenvalue weighted by Crippen LogP contribution is 2.20.